The Hall–Kier alpha value is -1.42. The Morgan fingerprint density at radius 1 is 1.62 bits per heavy atom. The van der Waals surface area contributed by atoms with Crippen molar-refractivity contribution in [2.45, 2.75) is 19.4 Å². The van der Waals surface area contributed by atoms with Crippen LogP contribution in [0.5, 0.6) is 0 Å². The number of aliphatic hydroxyl groups excluding tert-OH is 1. The van der Waals surface area contributed by atoms with Gasteiger partial charge in [-0.15, -0.1) is 0 Å². The average molecular weight is 181 g/mol. The van der Waals surface area contributed by atoms with Gasteiger partial charge in [0.25, 0.3) is 5.69 Å². The van der Waals surface area contributed by atoms with E-state index in [2.05, 4.69) is 0 Å². The van der Waals surface area contributed by atoms with Crippen LogP contribution in [0.2, 0.25) is 0 Å². The van der Waals surface area contributed by atoms with Gasteiger partial charge in [0.05, 0.1) is 11.0 Å². The van der Waals surface area contributed by atoms with Gasteiger partial charge >= 0.3 is 0 Å². The van der Waals surface area contributed by atoms with E-state index >= 15 is 0 Å². The first-order valence-electron chi connectivity index (χ1n) is 4.01. The molecular weight excluding hydrogens is 170 g/mol. The molecule has 0 spiro atoms. The van der Waals surface area contributed by atoms with Gasteiger partial charge in [-0.05, 0) is 18.9 Å². The molecule has 1 rings (SSSR count). The number of hydrogen-bond acceptors (Lipinski definition) is 3. The van der Waals surface area contributed by atoms with Crippen molar-refractivity contribution in [2.24, 2.45) is 0 Å². The highest BCUT2D eigenvalue weighted by atomic mass is 16.6. The molecule has 0 amide bonds. The number of nitro benzene ring substituents is 1. The number of nitro groups is 1. The van der Waals surface area contributed by atoms with Gasteiger partial charge < -0.3 is 5.11 Å². The molecule has 0 saturated heterocycles. The zero-order chi connectivity index (χ0) is 9.84. The van der Waals surface area contributed by atoms with Crippen LogP contribution in [0.25, 0.3) is 0 Å². The summed E-state index contributed by atoms with van der Waals surface area (Å²) in [5.74, 6) is 0. The maximum absolute atomic E-state index is 10.4. The fourth-order valence-electron chi connectivity index (χ4n) is 1.14. The van der Waals surface area contributed by atoms with Gasteiger partial charge in [0.2, 0.25) is 0 Å². The van der Waals surface area contributed by atoms with Gasteiger partial charge in [0.15, 0.2) is 0 Å². The fourth-order valence-corrected chi connectivity index (χ4v) is 1.14. The highest BCUT2D eigenvalue weighted by Crippen LogP contribution is 2.14. The predicted octanol–water partition coefficient (Wildman–Crippen LogP) is 1.52. The molecule has 0 aliphatic rings. The molecule has 1 aromatic carbocycles. The molecule has 0 saturated carbocycles. The monoisotopic (exact) mass is 181 g/mol. The Morgan fingerprint density at radius 3 is 2.85 bits per heavy atom. The standard InChI is InChI=1S/C9H11NO3/c1-7(11)5-8-3-2-4-9(6-8)10(12)13/h2-4,6-7,11H,5H2,1H3/t7-/m0/s1. The van der Waals surface area contributed by atoms with Crippen LogP contribution in [0.15, 0.2) is 24.3 Å². The van der Waals surface area contributed by atoms with Crippen LogP contribution >= 0.6 is 0 Å². The van der Waals surface area contributed by atoms with Crippen LogP contribution in [0.3, 0.4) is 0 Å². The molecule has 4 nitrogen and oxygen atoms in total. The molecule has 0 aliphatic carbocycles. The van der Waals surface area contributed by atoms with E-state index < -0.39 is 11.0 Å². The lowest BCUT2D eigenvalue weighted by molar-refractivity contribution is -0.384. The molecule has 0 bridgehead atoms. The van der Waals surface area contributed by atoms with Gasteiger partial charge in [-0.25, -0.2) is 0 Å². The average Bonchev–Trinajstić information content (AvgIpc) is 2.03. The predicted molar refractivity (Wildman–Crippen MR) is 48.5 cm³/mol. The quantitative estimate of drug-likeness (QED) is 0.568. The number of nitrogens with zero attached hydrogens (tertiary/aromatic N) is 1. The zero-order valence-corrected chi connectivity index (χ0v) is 7.30. The molecule has 0 fully saturated rings. The summed E-state index contributed by atoms with van der Waals surface area (Å²) in [7, 11) is 0. The van der Waals surface area contributed by atoms with Gasteiger partial charge in [0, 0.05) is 12.1 Å². The first-order chi connectivity index (χ1) is 6.09. The van der Waals surface area contributed by atoms with Crippen LogP contribution in [-0.2, 0) is 6.42 Å². The molecule has 1 N–H and O–H groups in total. The summed E-state index contributed by atoms with van der Waals surface area (Å²) in [4.78, 5) is 9.94. The summed E-state index contributed by atoms with van der Waals surface area (Å²) in [6.07, 6.45) is -0.0243. The number of hydrogen-bond donors (Lipinski definition) is 1. The second kappa shape index (κ2) is 4.00. The van der Waals surface area contributed by atoms with Crippen molar-refractivity contribution in [3.63, 3.8) is 0 Å². The molecule has 4 heteroatoms. The molecule has 0 radical (unpaired) electrons. The molecule has 0 aliphatic heterocycles. The van der Waals surface area contributed by atoms with Crippen LogP contribution in [0.4, 0.5) is 5.69 Å². The molecule has 0 aromatic heterocycles. The van der Waals surface area contributed by atoms with Crippen LogP contribution in [0, 0.1) is 10.1 Å². The van der Waals surface area contributed by atoms with E-state index in [0.717, 1.165) is 5.56 Å². The lowest BCUT2D eigenvalue weighted by Crippen LogP contribution is -2.04. The van der Waals surface area contributed by atoms with Gasteiger partial charge in [-0.1, -0.05) is 12.1 Å². The topological polar surface area (TPSA) is 63.4 Å². The zero-order valence-electron chi connectivity index (χ0n) is 7.30. The van der Waals surface area contributed by atoms with Crippen LogP contribution < -0.4 is 0 Å². The minimum Gasteiger partial charge on any atom is -0.393 e. The molecule has 1 atom stereocenters. The second-order valence-electron chi connectivity index (χ2n) is 2.98. The maximum Gasteiger partial charge on any atom is 0.269 e. The third-order valence-electron chi connectivity index (χ3n) is 1.65. The highest BCUT2D eigenvalue weighted by molar-refractivity contribution is 5.34. The van der Waals surface area contributed by atoms with Crippen molar-refractivity contribution in [1.29, 1.82) is 0 Å². The lowest BCUT2D eigenvalue weighted by atomic mass is 10.1. The van der Waals surface area contributed by atoms with E-state index in [9.17, 15) is 10.1 Å². The summed E-state index contributed by atoms with van der Waals surface area (Å²) in [6, 6.07) is 6.30. The van der Waals surface area contributed by atoms with Crippen LogP contribution in [0.1, 0.15) is 12.5 Å². The molecular formula is C9H11NO3. The highest BCUT2D eigenvalue weighted by Gasteiger charge is 2.06. The SMILES string of the molecule is C[C@H](O)Cc1cccc([N+](=O)[O-])c1. The minimum atomic E-state index is -0.470. The number of aliphatic hydroxyl groups is 1. The Morgan fingerprint density at radius 2 is 2.31 bits per heavy atom. The lowest BCUT2D eigenvalue weighted by Gasteiger charge is -2.02. The summed E-state index contributed by atoms with van der Waals surface area (Å²) in [6.45, 7) is 1.65. The third kappa shape index (κ3) is 2.83. The van der Waals surface area contributed by atoms with E-state index in [1.54, 1.807) is 19.1 Å². The van der Waals surface area contributed by atoms with Gasteiger partial charge in [-0.2, -0.15) is 0 Å². The number of non-ortho nitro benzene ring substituents is 1. The van der Waals surface area contributed by atoms with E-state index in [-0.39, 0.29) is 5.69 Å². The van der Waals surface area contributed by atoms with Crippen molar-refractivity contribution >= 4 is 5.69 Å². The summed E-state index contributed by atoms with van der Waals surface area (Å²) in [5.41, 5.74) is 0.849. The number of benzene rings is 1. The van der Waals surface area contributed by atoms with E-state index in [4.69, 9.17) is 5.11 Å². The Bertz CT molecular complexity index is 309. The fraction of sp³-hybridized carbons (Fsp3) is 0.333. The van der Waals surface area contributed by atoms with Crippen molar-refractivity contribution in [1.82, 2.24) is 0 Å². The van der Waals surface area contributed by atoms with Gasteiger partial charge in [0.1, 0.15) is 0 Å². The van der Waals surface area contributed by atoms with Crippen molar-refractivity contribution in [3.05, 3.63) is 39.9 Å². The van der Waals surface area contributed by atoms with E-state index in [0.29, 0.717) is 6.42 Å². The Balaban J connectivity index is 2.85. The summed E-state index contributed by atoms with van der Waals surface area (Å²) < 4.78 is 0. The summed E-state index contributed by atoms with van der Waals surface area (Å²) in [5, 5.41) is 19.4. The minimum absolute atomic E-state index is 0.0677. The Kier molecular flexibility index (Phi) is 2.97. The van der Waals surface area contributed by atoms with E-state index in [1.807, 2.05) is 0 Å². The molecule has 0 heterocycles. The van der Waals surface area contributed by atoms with Crippen molar-refractivity contribution in [3.8, 4) is 0 Å². The maximum atomic E-state index is 10.4. The molecule has 1 aromatic rings. The third-order valence-corrected chi connectivity index (χ3v) is 1.65. The van der Waals surface area contributed by atoms with Crippen molar-refractivity contribution in [2.75, 3.05) is 0 Å². The first-order valence-corrected chi connectivity index (χ1v) is 4.01. The molecule has 13 heavy (non-hydrogen) atoms. The van der Waals surface area contributed by atoms with E-state index in [1.165, 1.54) is 12.1 Å². The van der Waals surface area contributed by atoms with Gasteiger partial charge in [-0.3, -0.25) is 10.1 Å². The second-order valence-corrected chi connectivity index (χ2v) is 2.98. The summed E-state index contributed by atoms with van der Waals surface area (Å²) >= 11 is 0. The first kappa shape index (κ1) is 9.67. The van der Waals surface area contributed by atoms with Crippen LogP contribution in [-0.4, -0.2) is 16.1 Å². The smallest absolute Gasteiger partial charge is 0.269 e. The molecule has 0 unspecified atom stereocenters. The largest absolute Gasteiger partial charge is 0.393 e. The molecule has 70 valence electrons. The van der Waals surface area contributed by atoms with Crippen molar-refractivity contribution < 1.29 is 10.0 Å². The normalized spacial score (nSPS) is 12.5. The number of rotatable bonds is 3. The Labute approximate surface area is 76.0 Å².